The second kappa shape index (κ2) is 4.42. The highest BCUT2D eigenvalue weighted by atomic mass is 79.9. The highest BCUT2D eigenvalue weighted by molar-refractivity contribution is 9.10. The number of alkyl halides is 1. The maximum Gasteiger partial charge on any atom is 0.183 e. The van der Waals surface area contributed by atoms with Crippen molar-refractivity contribution < 1.29 is 9.53 Å². The average molecular weight is 243 g/mol. The molecule has 1 aliphatic rings. The molecule has 0 aromatic carbocycles. The monoisotopic (exact) mass is 242 g/mol. The predicted molar refractivity (Wildman–Crippen MR) is 55.7 cm³/mol. The van der Waals surface area contributed by atoms with Crippen LogP contribution in [0.3, 0.4) is 0 Å². The van der Waals surface area contributed by atoms with E-state index >= 15 is 0 Å². The first-order valence-corrected chi connectivity index (χ1v) is 4.92. The number of rotatable bonds is 1. The minimum atomic E-state index is -0.222. The lowest BCUT2D eigenvalue weighted by molar-refractivity contribution is -0.117. The molecule has 0 aromatic rings. The number of hydrogen-bond acceptors (Lipinski definition) is 2. The maximum atomic E-state index is 11.6. The molecule has 70 valence electrons. The molecule has 1 heterocycles. The number of carbonyl (C=O) groups excluding carboxylic acids is 1. The molecule has 0 amide bonds. The fourth-order valence-electron chi connectivity index (χ4n) is 1.14. The van der Waals surface area contributed by atoms with Gasteiger partial charge < -0.3 is 4.74 Å². The standard InChI is InChI=1S/C10H11BrO2/c1-3-5-9-7(4-2)10(12)8(11)6-13-9/h3-5,8H,1,6H2,2H3/b7-4+,9-5+. The number of allylic oxidation sites excluding steroid dienone is 4. The van der Waals surface area contributed by atoms with Gasteiger partial charge >= 0.3 is 0 Å². The molecule has 0 saturated carbocycles. The molecule has 3 heteroatoms. The largest absolute Gasteiger partial charge is 0.491 e. The lowest BCUT2D eigenvalue weighted by Crippen LogP contribution is -2.28. The van der Waals surface area contributed by atoms with Crippen LogP contribution in [0, 0.1) is 0 Å². The van der Waals surface area contributed by atoms with Crippen molar-refractivity contribution >= 4 is 21.7 Å². The van der Waals surface area contributed by atoms with Crippen molar-refractivity contribution in [2.75, 3.05) is 6.61 Å². The fourth-order valence-corrected chi connectivity index (χ4v) is 1.51. The summed E-state index contributed by atoms with van der Waals surface area (Å²) in [6, 6.07) is 0. The van der Waals surface area contributed by atoms with Gasteiger partial charge in [0.2, 0.25) is 0 Å². The molecule has 0 aliphatic carbocycles. The van der Waals surface area contributed by atoms with Crippen molar-refractivity contribution in [3.05, 3.63) is 36.1 Å². The van der Waals surface area contributed by atoms with E-state index in [1.54, 1.807) is 18.2 Å². The predicted octanol–water partition coefficient (Wildman–Crippen LogP) is 2.37. The number of carbonyl (C=O) groups is 1. The molecule has 0 aromatic heterocycles. The fraction of sp³-hybridized carbons (Fsp3) is 0.300. The van der Waals surface area contributed by atoms with Crippen LogP contribution in [-0.2, 0) is 9.53 Å². The first-order chi connectivity index (χ1) is 6.20. The van der Waals surface area contributed by atoms with Crippen molar-refractivity contribution in [1.29, 1.82) is 0 Å². The number of Topliss-reactive ketones (excluding diaryl/α,β-unsaturated/α-hetero) is 1. The van der Waals surface area contributed by atoms with Crippen LogP contribution in [0.5, 0.6) is 0 Å². The molecule has 13 heavy (non-hydrogen) atoms. The third-order valence-corrected chi connectivity index (χ3v) is 2.44. The van der Waals surface area contributed by atoms with E-state index in [0.29, 0.717) is 17.9 Å². The van der Waals surface area contributed by atoms with Gasteiger partial charge in [0.25, 0.3) is 0 Å². The van der Waals surface area contributed by atoms with Crippen LogP contribution >= 0.6 is 15.9 Å². The Balaban J connectivity index is 2.98. The number of ether oxygens (including phenoxy) is 1. The topological polar surface area (TPSA) is 26.3 Å². The van der Waals surface area contributed by atoms with Gasteiger partial charge in [-0.25, -0.2) is 0 Å². The van der Waals surface area contributed by atoms with Crippen molar-refractivity contribution in [3.63, 3.8) is 0 Å². The Kier molecular flexibility index (Phi) is 3.48. The maximum absolute atomic E-state index is 11.6. The summed E-state index contributed by atoms with van der Waals surface area (Å²) in [4.78, 5) is 11.3. The Morgan fingerprint density at radius 3 is 2.92 bits per heavy atom. The van der Waals surface area contributed by atoms with E-state index < -0.39 is 0 Å². The molecule has 1 rings (SSSR count). The van der Waals surface area contributed by atoms with Gasteiger partial charge in [0.15, 0.2) is 5.78 Å². The number of halogens is 1. The molecular formula is C10H11BrO2. The summed E-state index contributed by atoms with van der Waals surface area (Å²) in [6.07, 6.45) is 5.07. The Morgan fingerprint density at radius 1 is 1.69 bits per heavy atom. The minimum absolute atomic E-state index is 0.0712. The molecule has 0 radical (unpaired) electrons. The van der Waals surface area contributed by atoms with Crippen molar-refractivity contribution in [2.24, 2.45) is 0 Å². The van der Waals surface area contributed by atoms with Crippen LogP contribution in [0.1, 0.15) is 6.92 Å². The molecule has 1 saturated heterocycles. The third-order valence-electron chi connectivity index (χ3n) is 1.76. The number of hydrogen-bond donors (Lipinski definition) is 0. The first kappa shape index (κ1) is 10.3. The van der Waals surface area contributed by atoms with Crippen LogP contribution in [0.25, 0.3) is 0 Å². The summed E-state index contributed by atoms with van der Waals surface area (Å²) in [5, 5.41) is 0. The Hall–Kier alpha value is -0.830. The third kappa shape index (κ3) is 2.10. The molecule has 1 unspecified atom stereocenters. The normalized spacial score (nSPS) is 29.1. The highest BCUT2D eigenvalue weighted by Crippen LogP contribution is 2.24. The van der Waals surface area contributed by atoms with Gasteiger partial charge in [-0.05, 0) is 13.0 Å². The van der Waals surface area contributed by atoms with Gasteiger partial charge in [-0.2, -0.15) is 0 Å². The van der Waals surface area contributed by atoms with E-state index in [-0.39, 0.29) is 10.6 Å². The Bertz CT molecular complexity index is 289. The van der Waals surface area contributed by atoms with Crippen LogP contribution in [0.2, 0.25) is 0 Å². The van der Waals surface area contributed by atoms with Crippen LogP contribution < -0.4 is 0 Å². The Labute approximate surface area is 86.1 Å². The minimum Gasteiger partial charge on any atom is -0.491 e. The summed E-state index contributed by atoms with van der Waals surface area (Å²) in [6.45, 7) is 5.76. The summed E-state index contributed by atoms with van der Waals surface area (Å²) in [7, 11) is 0. The molecule has 0 bridgehead atoms. The second-order valence-electron chi connectivity index (χ2n) is 2.61. The second-order valence-corrected chi connectivity index (χ2v) is 3.72. The van der Waals surface area contributed by atoms with Crippen LogP contribution in [-0.4, -0.2) is 17.2 Å². The average Bonchev–Trinajstić information content (AvgIpc) is 2.12. The summed E-state index contributed by atoms with van der Waals surface area (Å²) in [5.41, 5.74) is 0.619. The van der Waals surface area contributed by atoms with Crippen LogP contribution in [0.15, 0.2) is 36.1 Å². The highest BCUT2D eigenvalue weighted by Gasteiger charge is 2.28. The lowest BCUT2D eigenvalue weighted by atomic mass is 10.0. The van der Waals surface area contributed by atoms with Gasteiger partial charge in [0, 0.05) is 0 Å². The smallest absolute Gasteiger partial charge is 0.183 e. The molecule has 1 aliphatic heterocycles. The molecule has 2 nitrogen and oxygen atoms in total. The Morgan fingerprint density at radius 2 is 2.38 bits per heavy atom. The zero-order chi connectivity index (χ0) is 9.84. The van der Waals surface area contributed by atoms with E-state index in [1.807, 2.05) is 6.92 Å². The quantitative estimate of drug-likeness (QED) is 0.522. The van der Waals surface area contributed by atoms with Gasteiger partial charge in [-0.3, -0.25) is 4.79 Å². The SMILES string of the molecule is C=C/C=C1/OCC(Br)C(=O)/C1=C/C. The van der Waals surface area contributed by atoms with Gasteiger partial charge in [0.1, 0.15) is 17.2 Å². The molecule has 1 atom stereocenters. The first-order valence-electron chi connectivity index (χ1n) is 4.01. The summed E-state index contributed by atoms with van der Waals surface area (Å²) >= 11 is 3.25. The lowest BCUT2D eigenvalue weighted by Gasteiger charge is -2.21. The number of ketones is 1. The zero-order valence-electron chi connectivity index (χ0n) is 7.42. The van der Waals surface area contributed by atoms with Crippen LogP contribution in [0.4, 0.5) is 0 Å². The van der Waals surface area contributed by atoms with Crippen molar-refractivity contribution in [1.82, 2.24) is 0 Å². The summed E-state index contributed by atoms with van der Waals surface area (Å²) in [5.74, 6) is 0.681. The van der Waals surface area contributed by atoms with E-state index in [1.165, 1.54) is 0 Å². The molecule has 0 N–H and O–H groups in total. The van der Waals surface area contributed by atoms with E-state index in [9.17, 15) is 4.79 Å². The molecule has 0 spiro atoms. The van der Waals surface area contributed by atoms with E-state index in [4.69, 9.17) is 4.74 Å². The van der Waals surface area contributed by atoms with Gasteiger partial charge in [-0.1, -0.05) is 34.7 Å². The molecule has 1 fully saturated rings. The van der Waals surface area contributed by atoms with Crippen molar-refractivity contribution in [2.45, 2.75) is 11.8 Å². The van der Waals surface area contributed by atoms with E-state index in [2.05, 4.69) is 22.5 Å². The van der Waals surface area contributed by atoms with Crippen molar-refractivity contribution in [3.8, 4) is 0 Å². The summed E-state index contributed by atoms with van der Waals surface area (Å²) < 4.78 is 5.36. The van der Waals surface area contributed by atoms with Gasteiger partial charge in [0.05, 0.1) is 5.57 Å². The molecular weight excluding hydrogens is 232 g/mol. The zero-order valence-corrected chi connectivity index (χ0v) is 9.00. The van der Waals surface area contributed by atoms with Gasteiger partial charge in [-0.15, -0.1) is 0 Å². The van der Waals surface area contributed by atoms with E-state index in [0.717, 1.165) is 0 Å².